The number of ether oxygens (including phenoxy) is 4. The number of carbonyl (C=O) groups excluding carboxylic acids is 1. The lowest BCUT2D eigenvalue weighted by Crippen LogP contribution is -2.41. The Labute approximate surface area is 314 Å². The van der Waals surface area contributed by atoms with Crippen LogP contribution >= 0.6 is 21.6 Å². The summed E-state index contributed by atoms with van der Waals surface area (Å²) in [5, 5.41) is 32.4. The molecule has 2 aliphatic carbocycles. The number of aromatic nitrogens is 1. The average Bonchev–Trinajstić information content (AvgIpc) is 3.15. The van der Waals surface area contributed by atoms with Crippen molar-refractivity contribution in [3.05, 3.63) is 71.5 Å². The standard InChI is InChI=1S/C41H51NO8S2/c1-26(43)48-33-22-36(29-19-35(45)40(46)39(20-29)47-16-12-27-7-6-15-42-24-27)50-37(23-33)30-17-28-10-11-34(44)38(18-28)49-32-9-5-8-31(21-32)41(52-51-25-30)13-3-2-4-14-41/h6-7,10-11,15,18-20,24,30-33,36-37,44-46H,2-5,8-9,12-14,16-17,21-23,25H2,1H3/t30-,31+,32-,33+,36+,37-/m1/s1. The van der Waals surface area contributed by atoms with Crippen molar-refractivity contribution < 1.29 is 39.1 Å². The lowest BCUT2D eigenvalue weighted by molar-refractivity contribution is -0.163. The first-order valence-electron chi connectivity index (χ1n) is 18.9. The second-order valence-corrected chi connectivity index (χ2v) is 17.8. The highest BCUT2D eigenvalue weighted by Gasteiger charge is 2.44. The SMILES string of the molecule is CC(=O)O[C@H]1C[C@@H](c2cc(O)c(O)c(OCCc3cccnc3)c2)O[C@@H]([C@H]2CSSC3(CCCCC3)[C@H]3CCC[C@H](C3)Oc3cc(ccc3O)C2)C1. The number of rotatable bonds is 7. The minimum absolute atomic E-state index is 0.0532. The molecule has 4 bridgehead atoms. The molecule has 3 heterocycles. The summed E-state index contributed by atoms with van der Waals surface area (Å²) < 4.78 is 25.6. The molecule has 2 saturated carbocycles. The largest absolute Gasteiger partial charge is 0.504 e. The lowest BCUT2D eigenvalue weighted by atomic mass is 9.72. The van der Waals surface area contributed by atoms with E-state index in [0.717, 1.165) is 36.1 Å². The maximum atomic E-state index is 12.3. The van der Waals surface area contributed by atoms with Gasteiger partial charge in [-0.2, -0.15) is 0 Å². The summed E-state index contributed by atoms with van der Waals surface area (Å²) in [5.74, 6) is 1.39. The van der Waals surface area contributed by atoms with Gasteiger partial charge in [0.15, 0.2) is 23.0 Å². The molecule has 0 unspecified atom stereocenters. The minimum atomic E-state index is -0.514. The van der Waals surface area contributed by atoms with Gasteiger partial charge in [0.2, 0.25) is 5.75 Å². The number of fused-ring (bicyclic) bond motifs is 5. The number of pyridine rings is 1. The van der Waals surface area contributed by atoms with Gasteiger partial charge < -0.3 is 34.3 Å². The van der Waals surface area contributed by atoms with Gasteiger partial charge in [-0.05, 0) is 104 Å². The van der Waals surface area contributed by atoms with Crippen LogP contribution < -0.4 is 9.47 Å². The predicted octanol–water partition coefficient (Wildman–Crippen LogP) is 8.87. The molecule has 2 aliphatic heterocycles. The molecule has 2 aromatic carbocycles. The summed E-state index contributed by atoms with van der Waals surface area (Å²) in [4.78, 5) is 16.5. The quantitative estimate of drug-likeness (QED) is 0.122. The molecular formula is C41H51NO8S2. The van der Waals surface area contributed by atoms with Crippen molar-refractivity contribution in [3.8, 4) is 28.7 Å². The van der Waals surface area contributed by atoms with Crippen molar-refractivity contribution >= 4 is 27.6 Å². The Morgan fingerprint density at radius 1 is 1.00 bits per heavy atom. The van der Waals surface area contributed by atoms with E-state index in [4.69, 9.17) is 18.9 Å². The number of phenolic OH excluding ortho intramolecular Hbond substituents is 3. The van der Waals surface area contributed by atoms with E-state index in [0.29, 0.717) is 42.9 Å². The molecule has 3 fully saturated rings. The van der Waals surface area contributed by atoms with Gasteiger partial charge in [-0.1, -0.05) is 53.0 Å². The summed E-state index contributed by atoms with van der Waals surface area (Å²) >= 11 is 0. The molecular weight excluding hydrogens is 699 g/mol. The van der Waals surface area contributed by atoms with Crippen LogP contribution in [0, 0.1) is 11.8 Å². The van der Waals surface area contributed by atoms with Gasteiger partial charge in [-0.15, -0.1) is 0 Å². The molecule has 3 aromatic rings. The molecule has 3 N–H and O–H groups in total. The zero-order chi connectivity index (χ0) is 36.1. The van der Waals surface area contributed by atoms with E-state index in [1.807, 2.05) is 35.1 Å². The molecule has 11 heteroatoms. The number of esters is 1. The number of phenols is 3. The number of nitrogens with zero attached hydrogens (tertiary/aromatic N) is 1. The smallest absolute Gasteiger partial charge is 0.302 e. The highest BCUT2D eigenvalue weighted by Crippen LogP contribution is 2.55. The minimum Gasteiger partial charge on any atom is -0.504 e. The van der Waals surface area contributed by atoms with Gasteiger partial charge in [0.05, 0.1) is 24.9 Å². The first kappa shape index (κ1) is 37.1. The van der Waals surface area contributed by atoms with E-state index in [1.165, 1.54) is 51.5 Å². The Kier molecular flexibility index (Phi) is 12.0. The van der Waals surface area contributed by atoms with Crippen molar-refractivity contribution in [1.29, 1.82) is 0 Å². The molecule has 280 valence electrons. The van der Waals surface area contributed by atoms with Crippen LogP contribution in [0.3, 0.4) is 0 Å². The van der Waals surface area contributed by atoms with Crippen molar-refractivity contribution in [3.63, 3.8) is 0 Å². The van der Waals surface area contributed by atoms with E-state index in [-0.39, 0.29) is 58.4 Å². The number of hydrogen-bond donors (Lipinski definition) is 3. The summed E-state index contributed by atoms with van der Waals surface area (Å²) in [7, 11) is 4.05. The fourth-order valence-electron chi connectivity index (χ4n) is 8.74. The maximum absolute atomic E-state index is 12.3. The Bertz CT molecular complexity index is 1670. The summed E-state index contributed by atoms with van der Waals surface area (Å²) in [6.45, 7) is 1.72. The third kappa shape index (κ3) is 8.91. The van der Waals surface area contributed by atoms with Gasteiger partial charge in [-0.25, -0.2) is 0 Å². The predicted molar refractivity (Wildman–Crippen MR) is 203 cm³/mol. The van der Waals surface area contributed by atoms with Crippen LogP contribution in [-0.2, 0) is 27.1 Å². The van der Waals surface area contributed by atoms with Crippen molar-refractivity contribution in [2.24, 2.45) is 11.8 Å². The van der Waals surface area contributed by atoms with Crippen molar-refractivity contribution in [1.82, 2.24) is 4.98 Å². The summed E-state index contributed by atoms with van der Waals surface area (Å²) in [6, 6.07) is 12.8. The molecule has 4 aliphatic rings. The second kappa shape index (κ2) is 16.8. The Morgan fingerprint density at radius 3 is 2.67 bits per heavy atom. The highest BCUT2D eigenvalue weighted by atomic mass is 33.1. The summed E-state index contributed by atoms with van der Waals surface area (Å²) in [5.41, 5.74) is 2.70. The van der Waals surface area contributed by atoms with Gasteiger partial charge in [0.1, 0.15) is 6.10 Å². The molecule has 0 radical (unpaired) electrons. The van der Waals surface area contributed by atoms with E-state index in [2.05, 4.69) is 15.8 Å². The Hall–Kier alpha value is -3.28. The summed E-state index contributed by atoms with van der Waals surface area (Å²) in [6.07, 6.45) is 15.3. The molecule has 1 spiro atoms. The van der Waals surface area contributed by atoms with E-state index < -0.39 is 12.2 Å². The van der Waals surface area contributed by atoms with E-state index >= 15 is 0 Å². The molecule has 6 atom stereocenters. The van der Waals surface area contributed by atoms with Crippen LogP contribution in [0.1, 0.15) is 100 Å². The zero-order valence-corrected chi connectivity index (χ0v) is 31.5. The monoisotopic (exact) mass is 749 g/mol. The van der Waals surface area contributed by atoms with Gasteiger partial charge in [0.25, 0.3) is 0 Å². The molecule has 52 heavy (non-hydrogen) atoms. The number of carbonyl (C=O) groups is 1. The molecule has 7 rings (SSSR count). The molecule has 1 saturated heterocycles. The van der Waals surface area contributed by atoms with Gasteiger partial charge in [0, 0.05) is 49.1 Å². The van der Waals surface area contributed by atoms with Crippen LogP contribution in [0.25, 0.3) is 0 Å². The van der Waals surface area contributed by atoms with E-state index in [1.54, 1.807) is 24.5 Å². The first-order chi connectivity index (χ1) is 25.2. The normalized spacial score (nSPS) is 27.6. The van der Waals surface area contributed by atoms with Crippen molar-refractivity contribution in [2.75, 3.05) is 12.4 Å². The van der Waals surface area contributed by atoms with Crippen LogP contribution in [0.4, 0.5) is 0 Å². The van der Waals surface area contributed by atoms with Crippen LogP contribution in [0.15, 0.2) is 54.9 Å². The molecule has 0 amide bonds. The topological polar surface area (TPSA) is 128 Å². The third-order valence-corrected chi connectivity index (χ3v) is 14.9. The third-order valence-electron chi connectivity index (χ3n) is 11.4. The highest BCUT2D eigenvalue weighted by molar-refractivity contribution is 8.77. The first-order valence-corrected chi connectivity index (χ1v) is 21.3. The number of hydrogen-bond acceptors (Lipinski definition) is 11. The number of benzene rings is 2. The van der Waals surface area contributed by atoms with Crippen LogP contribution in [0.2, 0.25) is 0 Å². The van der Waals surface area contributed by atoms with Crippen LogP contribution in [-0.4, -0.2) is 61.7 Å². The van der Waals surface area contributed by atoms with Gasteiger partial charge >= 0.3 is 5.97 Å². The molecule has 1 aromatic heterocycles. The Balaban J connectivity index is 1.16. The van der Waals surface area contributed by atoms with Gasteiger partial charge in [-0.3, -0.25) is 9.78 Å². The fourth-order valence-corrected chi connectivity index (χ4v) is 12.7. The fraction of sp³-hybridized carbons (Fsp3) is 0.561. The maximum Gasteiger partial charge on any atom is 0.302 e. The Morgan fingerprint density at radius 2 is 1.87 bits per heavy atom. The average molecular weight is 750 g/mol. The number of aromatic hydroxyl groups is 3. The van der Waals surface area contributed by atoms with Crippen LogP contribution in [0.5, 0.6) is 28.7 Å². The van der Waals surface area contributed by atoms with E-state index in [9.17, 15) is 20.1 Å². The molecule has 9 nitrogen and oxygen atoms in total. The van der Waals surface area contributed by atoms with Crippen molar-refractivity contribution in [2.45, 2.75) is 120 Å². The lowest BCUT2D eigenvalue weighted by Gasteiger charge is -2.46. The zero-order valence-electron chi connectivity index (χ0n) is 29.9. The second-order valence-electron chi connectivity index (χ2n) is 15.1.